The second kappa shape index (κ2) is 10.7. The third-order valence-electron chi connectivity index (χ3n) is 6.42. The Morgan fingerprint density at radius 1 is 1.12 bits per heavy atom. The number of alkyl carbamates (subject to hydrolysis) is 1. The number of hydrogen-bond donors (Lipinski definition) is 2. The summed E-state index contributed by atoms with van der Waals surface area (Å²) in [5.74, 6) is 0.789. The zero-order valence-electron chi connectivity index (χ0n) is 20.0. The van der Waals surface area contributed by atoms with Crippen molar-refractivity contribution in [3.63, 3.8) is 0 Å². The zero-order chi connectivity index (χ0) is 23.4. The van der Waals surface area contributed by atoms with Gasteiger partial charge in [-0.3, -0.25) is 4.90 Å². The van der Waals surface area contributed by atoms with Crippen LogP contribution in [0.1, 0.15) is 46.5 Å². The third-order valence-corrected chi connectivity index (χ3v) is 7.91. The lowest BCUT2D eigenvalue weighted by atomic mass is 10.00. The van der Waals surface area contributed by atoms with Gasteiger partial charge in [0.15, 0.2) is 0 Å². The summed E-state index contributed by atoms with van der Waals surface area (Å²) < 4.78 is 26.6. The number of benzene rings is 1. The van der Waals surface area contributed by atoms with Crippen molar-refractivity contribution in [2.45, 2.75) is 75.1 Å². The summed E-state index contributed by atoms with van der Waals surface area (Å²) in [5, 5.41) is 6.35. The quantitative estimate of drug-likeness (QED) is 0.654. The third kappa shape index (κ3) is 6.91. The second-order valence-corrected chi connectivity index (χ2v) is 11.7. The van der Waals surface area contributed by atoms with Gasteiger partial charge >= 0.3 is 6.09 Å². The van der Waals surface area contributed by atoms with E-state index in [9.17, 15) is 9.00 Å². The molecule has 1 unspecified atom stereocenters. The standard InChI is InChI=1S/C24H38N4O4S/c1-24(2,3)32-23(29)26-18-9-13-28(14-10-18)33(30)22-6-4-5-20(15-22)31-21-16-27(17-21)19-7-11-25-12-8-19/h4-6,15,18-19,21,25H,7-14,16-17H2,1-3H3,(H,26,29). The Bertz CT molecular complexity index is 826. The molecule has 0 radical (unpaired) electrons. The molecule has 1 aromatic rings. The Kier molecular flexibility index (Phi) is 7.94. The molecule has 1 aromatic carbocycles. The van der Waals surface area contributed by atoms with Crippen molar-refractivity contribution in [3.8, 4) is 5.75 Å². The van der Waals surface area contributed by atoms with Crippen molar-refractivity contribution in [3.05, 3.63) is 24.3 Å². The van der Waals surface area contributed by atoms with Crippen molar-refractivity contribution in [2.24, 2.45) is 0 Å². The molecule has 3 aliphatic rings. The molecule has 4 rings (SSSR count). The van der Waals surface area contributed by atoms with Crippen LogP contribution in [0.4, 0.5) is 4.79 Å². The van der Waals surface area contributed by atoms with E-state index in [4.69, 9.17) is 9.47 Å². The average Bonchev–Trinajstić information content (AvgIpc) is 2.75. The van der Waals surface area contributed by atoms with E-state index in [0.717, 1.165) is 49.7 Å². The monoisotopic (exact) mass is 478 g/mol. The Balaban J connectivity index is 1.23. The van der Waals surface area contributed by atoms with E-state index in [0.29, 0.717) is 19.1 Å². The van der Waals surface area contributed by atoms with Gasteiger partial charge in [-0.05, 0) is 77.7 Å². The molecule has 0 bridgehead atoms. The van der Waals surface area contributed by atoms with E-state index in [1.165, 1.54) is 12.8 Å². The van der Waals surface area contributed by atoms with Crippen LogP contribution < -0.4 is 15.4 Å². The lowest BCUT2D eigenvalue weighted by molar-refractivity contribution is -0.0170. The number of ether oxygens (including phenoxy) is 2. The first-order valence-corrected chi connectivity index (χ1v) is 13.3. The summed E-state index contributed by atoms with van der Waals surface area (Å²) in [6, 6.07) is 8.40. The molecule has 0 aromatic heterocycles. The number of nitrogens with one attached hydrogen (secondary N) is 2. The van der Waals surface area contributed by atoms with E-state index in [2.05, 4.69) is 15.5 Å². The van der Waals surface area contributed by atoms with Gasteiger partial charge in [0, 0.05) is 38.3 Å². The maximum absolute atomic E-state index is 13.2. The number of rotatable bonds is 6. The molecule has 3 aliphatic heterocycles. The van der Waals surface area contributed by atoms with Gasteiger partial charge in [0.2, 0.25) is 0 Å². The number of likely N-dealkylation sites (tertiary alicyclic amines) is 1. The van der Waals surface area contributed by atoms with E-state index < -0.39 is 16.6 Å². The molecule has 0 spiro atoms. The molecule has 9 heteroatoms. The molecule has 0 saturated carbocycles. The van der Waals surface area contributed by atoms with Gasteiger partial charge in [-0.15, -0.1) is 0 Å². The molecule has 3 heterocycles. The molecule has 33 heavy (non-hydrogen) atoms. The molecule has 3 fully saturated rings. The van der Waals surface area contributed by atoms with Gasteiger partial charge in [-0.1, -0.05) is 6.07 Å². The van der Waals surface area contributed by atoms with Crippen LogP contribution >= 0.6 is 0 Å². The first-order valence-electron chi connectivity index (χ1n) is 12.1. The fraction of sp³-hybridized carbons (Fsp3) is 0.708. The molecule has 0 aliphatic carbocycles. The van der Waals surface area contributed by atoms with Crippen LogP contribution in [-0.4, -0.2) is 82.6 Å². The van der Waals surface area contributed by atoms with Crippen LogP contribution in [0.25, 0.3) is 0 Å². The zero-order valence-corrected chi connectivity index (χ0v) is 20.9. The summed E-state index contributed by atoms with van der Waals surface area (Å²) in [4.78, 5) is 15.3. The summed E-state index contributed by atoms with van der Waals surface area (Å²) in [6.45, 7) is 11.0. The van der Waals surface area contributed by atoms with Gasteiger partial charge < -0.3 is 20.1 Å². The maximum Gasteiger partial charge on any atom is 0.407 e. The van der Waals surface area contributed by atoms with Crippen molar-refractivity contribution in [1.29, 1.82) is 0 Å². The van der Waals surface area contributed by atoms with Crippen molar-refractivity contribution >= 4 is 17.1 Å². The number of piperidine rings is 2. The van der Waals surface area contributed by atoms with Gasteiger partial charge in [-0.25, -0.2) is 13.3 Å². The minimum absolute atomic E-state index is 0.0456. The Hall–Kier alpha value is -1.68. The molecule has 8 nitrogen and oxygen atoms in total. The highest BCUT2D eigenvalue weighted by molar-refractivity contribution is 7.82. The van der Waals surface area contributed by atoms with Crippen LogP contribution in [0, 0.1) is 0 Å². The van der Waals surface area contributed by atoms with E-state index >= 15 is 0 Å². The first-order chi connectivity index (χ1) is 15.8. The predicted octanol–water partition coefficient (Wildman–Crippen LogP) is 2.51. The van der Waals surface area contributed by atoms with Gasteiger partial charge in [0.25, 0.3) is 0 Å². The molecular weight excluding hydrogens is 440 g/mol. The summed E-state index contributed by atoms with van der Waals surface area (Å²) in [7, 11) is -1.24. The number of carbonyl (C=O) groups is 1. The van der Waals surface area contributed by atoms with E-state index in [1.807, 2.05) is 49.3 Å². The van der Waals surface area contributed by atoms with Crippen LogP contribution in [0.2, 0.25) is 0 Å². The summed E-state index contributed by atoms with van der Waals surface area (Å²) in [5.41, 5.74) is -0.509. The van der Waals surface area contributed by atoms with Crippen LogP contribution in [0.3, 0.4) is 0 Å². The molecule has 2 N–H and O–H groups in total. The normalized spacial score (nSPS) is 23.0. The number of carbonyl (C=O) groups excluding carboxylic acids is 1. The van der Waals surface area contributed by atoms with Crippen molar-refractivity contribution in [1.82, 2.24) is 19.8 Å². The number of amides is 1. The maximum atomic E-state index is 13.2. The Labute approximate surface area is 200 Å². The smallest absolute Gasteiger partial charge is 0.407 e. The fourth-order valence-corrected chi connectivity index (χ4v) is 5.90. The van der Waals surface area contributed by atoms with Crippen LogP contribution in [0.15, 0.2) is 29.2 Å². The Morgan fingerprint density at radius 2 is 1.82 bits per heavy atom. The largest absolute Gasteiger partial charge is 0.488 e. The topological polar surface area (TPSA) is 83.1 Å². The second-order valence-electron chi connectivity index (χ2n) is 10.2. The van der Waals surface area contributed by atoms with Gasteiger partial charge in [0.1, 0.15) is 28.4 Å². The first kappa shape index (κ1) is 24.4. The number of hydrogen-bond acceptors (Lipinski definition) is 6. The van der Waals surface area contributed by atoms with E-state index in [-0.39, 0.29) is 18.2 Å². The van der Waals surface area contributed by atoms with Crippen molar-refractivity contribution < 1.29 is 18.5 Å². The van der Waals surface area contributed by atoms with Crippen LogP contribution in [-0.2, 0) is 15.7 Å². The van der Waals surface area contributed by atoms with E-state index in [1.54, 1.807) is 0 Å². The van der Waals surface area contributed by atoms with Gasteiger partial charge in [-0.2, -0.15) is 0 Å². The fourth-order valence-electron chi connectivity index (χ4n) is 4.65. The highest BCUT2D eigenvalue weighted by atomic mass is 32.2. The minimum Gasteiger partial charge on any atom is -0.488 e. The molecule has 1 amide bonds. The summed E-state index contributed by atoms with van der Waals surface area (Å²) >= 11 is 0. The molecule has 184 valence electrons. The molecule has 3 saturated heterocycles. The SMILES string of the molecule is CC(C)(C)OC(=O)NC1CCN(S(=O)c2cccc(OC3CN(C4CCNCC4)C3)c2)CC1. The van der Waals surface area contributed by atoms with Crippen LogP contribution in [0.5, 0.6) is 5.75 Å². The lowest BCUT2D eigenvalue weighted by Gasteiger charge is -2.45. The average molecular weight is 479 g/mol. The molecule has 1 atom stereocenters. The molecular formula is C24H38N4O4S. The lowest BCUT2D eigenvalue weighted by Crippen LogP contribution is -2.59. The highest BCUT2D eigenvalue weighted by Crippen LogP contribution is 2.26. The number of nitrogens with zero attached hydrogens (tertiary/aromatic N) is 2. The highest BCUT2D eigenvalue weighted by Gasteiger charge is 2.34. The Morgan fingerprint density at radius 3 is 2.48 bits per heavy atom. The van der Waals surface area contributed by atoms with Crippen molar-refractivity contribution in [2.75, 3.05) is 39.3 Å². The predicted molar refractivity (Wildman–Crippen MR) is 129 cm³/mol. The summed E-state index contributed by atoms with van der Waals surface area (Å²) in [6.07, 6.45) is 3.74. The van der Waals surface area contributed by atoms with Gasteiger partial charge in [0.05, 0.1) is 4.90 Å². The minimum atomic E-state index is -1.24.